The molecule has 0 aliphatic heterocycles. The maximum atomic E-state index is 3.25. The first-order valence-electron chi connectivity index (χ1n) is 4.12. The van der Waals surface area contributed by atoms with Gasteiger partial charge < -0.3 is 9.13 Å². The topological polar surface area (TPSA) is 8.81 Å². The van der Waals surface area contributed by atoms with Crippen LogP contribution in [0.25, 0.3) is 0 Å². The van der Waals surface area contributed by atoms with Crippen LogP contribution in [-0.4, -0.2) is 4.57 Å². The predicted octanol–water partition coefficient (Wildman–Crippen LogP) is 1.74. The molecule has 2 heteroatoms. The van der Waals surface area contributed by atoms with Crippen molar-refractivity contribution in [2.75, 3.05) is 0 Å². The first-order chi connectivity index (χ1) is 5.11. The van der Waals surface area contributed by atoms with E-state index in [2.05, 4.69) is 55.6 Å². The molecule has 0 unspecified atom stereocenters. The van der Waals surface area contributed by atoms with Crippen molar-refractivity contribution in [1.82, 2.24) is 4.57 Å². The fraction of sp³-hybridized carbons (Fsp3) is 0.667. The summed E-state index contributed by atoms with van der Waals surface area (Å²) in [7, 11) is 0. The van der Waals surface area contributed by atoms with E-state index < -0.39 is 0 Å². The van der Waals surface area contributed by atoms with Crippen LogP contribution in [0.1, 0.15) is 39.8 Å². The Hall–Kier alpha value is -0.790. The lowest BCUT2D eigenvalue weighted by molar-refractivity contribution is -0.719. The molecule has 0 N–H and O–H groups in total. The quantitative estimate of drug-likeness (QED) is 0.451. The average Bonchev–Trinajstić information content (AvgIpc) is 2.33. The zero-order valence-electron chi connectivity index (χ0n) is 7.70. The molecular weight excluding hydrogens is 136 g/mol. The van der Waals surface area contributed by atoms with Crippen molar-refractivity contribution in [3.8, 4) is 0 Å². The van der Waals surface area contributed by atoms with Crippen molar-refractivity contribution >= 4 is 0 Å². The molecule has 0 radical (unpaired) electrons. The van der Waals surface area contributed by atoms with Crippen molar-refractivity contribution in [3.05, 3.63) is 18.7 Å². The van der Waals surface area contributed by atoms with Gasteiger partial charge in [0, 0.05) is 0 Å². The number of imidazole rings is 1. The highest BCUT2D eigenvalue weighted by atomic mass is 15.1. The molecule has 0 amide bonds. The van der Waals surface area contributed by atoms with Gasteiger partial charge in [-0.25, -0.2) is 0 Å². The lowest BCUT2D eigenvalue weighted by atomic mass is 10.4. The monoisotopic (exact) mass is 152 g/mol. The van der Waals surface area contributed by atoms with E-state index in [1.54, 1.807) is 0 Å². The number of rotatable bonds is 2. The highest BCUT2D eigenvalue weighted by Crippen LogP contribution is 2.01. The van der Waals surface area contributed by atoms with E-state index in [1.807, 2.05) is 0 Å². The van der Waals surface area contributed by atoms with E-state index >= 15 is 0 Å². The summed E-state index contributed by atoms with van der Waals surface area (Å²) in [6, 6.07) is 1.02. The molecule has 62 valence electrons. The Morgan fingerprint density at radius 1 is 1.27 bits per heavy atom. The van der Waals surface area contributed by atoms with Crippen LogP contribution in [0.2, 0.25) is 0 Å². The summed E-state index contributed by atoms with van der Waals surface area (Å²) < 4.78 is 4.17. The molecule has 0 saturated carbocycles. The zero-order chi connectivity index (χ0) is 8.43. The first kappa shape index (κ1) is 8.31. The van der Waals surface area contributed by atoms with Gasteiger partial charge in [0.25, 0.3) is 0 Å². The second-order valence-electron chi connectivity index (χ2n) is 3.40. The summed E-state index contributed by atoms with van der Waals surface area (Å²) in [5, 5.41) is 0. The summed E-state index contributed by atoms with van der Waals surface area (Å²) in [4.78, 5) is 0. The van der Waals surface area contributed by atoms with E-state index in [9.17, 15) is 0 Å². The van der Waals surface area contributed by atoms with Gasteiger partial charge in [0.05, 0.1) is 12.1 Å². The summed E-state index contributed by atoms with van der Waals surface area (Å²) >= 11 is 0. The van der Waals surface area contributed by atoms with Crippen molar-refractivity contribution in [2.45, 2.75) is 39.8 Å². The van der Waals surface area contributed by atoms with Crippen LogP contribution >= 0.6 is 0 Å². The van der Waals surface area contributed by atoms with E-state index in [0.717, 1.165) is 0 Å². The Labute approximate surface area is 68.5 Å². The smallest absolute Gasteiger partial charge is 0.204 e. The third-order valence-electron chi connectivity index (χ3n) is 1.73. The molecule has 2 nitrogen and oxygen atoms in total. The second-order valence-corrected chi connectivity index (χ2v) is 3.40. The number of hydrogen-bond donors (Lipinski definition) is 0. The molecule has 0 bridgehead atoms. The normalized spacial score (nSPS) is 11.5. The maximum Gasteiger partial charge on any atom is 0.204 e. The Bertz CT molecular complexity index is 201. The summed E-state index contributed by atoms with van der Waals surface area (Å²) in [5.41, 5.74) is 0. The van der Waals surface area contributed by atoms with Crippen LogP contribution in [-0.2, 0) is 0 Å². The van der Waals surface area contributed by atoms with Crippen molar-refractivity contribution < 1.29 is 4.57 Å². The van der Waals surface area contributed by atoms with Crippen molar-refractivity contribution in [1.29, 1.82) is 0 Å². The van der Waals surface area contributed by atoms with Crippen LogP contribution in [0.15, 0.2) is 12.4 Å². The van der Waals surface area contributed by atoms with Gasteiger partial charge in [-0.15, -0.1) is 0 Å². The summed E-state index contributed by atoms with van der Waals surface area (Å²) in [6.07, 6.45) is 7.37. The minimum atomic E-state index is 0.509. The largest absolute Gasteiger partial charge is 0.349 e. The molecule has 1 heterocycles. The molecule has 1 aromatic rings. The highest BCUT2D eigenvalue weighted by molar-refractivity contribution is 4.68. The van der Waals surface area contributed by atoms with Crippen LogP contribution in [0.4, 0.5) is 0 Å². The second kappa shape index (κ2) is 3.07. The molecule has 0 fully saturated rings. The van der Waals surface area contributed by atoms with Crippen LogP contribution in [0.3, 0.4) is 0 Å². The SMILES string of the molecule is CC(C)n1[c-][n+](C(C)C)cc1. The van der Waals surface area contributed by atoms with Crippen molar-refractivity contribution in [2.24, 2.45) is 0 Å². The fourth-order valence-electron chi connectivity index (χ4n) is 0.919. The van der Waals surface area contributed by atoms with Gasteiger partial charge in [0.2, 0.25) is 6.33 Å². The standard InChI is InChI=1S/C9H16N2/c1-8(2)10-5-6-11(7-10)9(3)4/h5-6,8-9H,1-4H3. The van der Waals surface area contributed by atoms with Gasteiger partial charge >= 0.3 is 0 Å². The molecule has 1 aromatic heterocycles. The van der Waals surface area contributed by atoms with Gasteiger partial charge in [-0.1, -0.05) is 0 Å². The third kappa shape index (κ3) is 1.82. The number of nitrogens with zero attached hydrogens (tertiary/aromatic N) is 2. The third-order valence-corrected chi connectivity index (χ3v) is 1.73. The molecule has 0 spiro atoms. The number of hydrogen-bond acceptors (Lipinski definition) is 0. The molecule has 0 aromatic carbocycles. The number of aromatic nitrogens is 2. The van der Waals surface area contributed by atoms with Gasteiger partial charge in [0.1, 0.15) is 0 Å². The van der Waals surface area contributed by atoms with Gasteiger partial charge in [-0.3, -0.25) is 0 Å². The minimum absolute atomic E-state index is 0.509. The average molecular weight is 152 g/mol. The van der Waals surface area contributed by atoms with E-state index in [1.165, 1.54) is 0 Å². The van der Waals surface area contributed by atoms with Gasteiger partial charge in [0.15, 0.2) is 0 Å². The van der Waals surface area contributed by atoms with Gasteiger partial charge in [-0.2, -0.15) is 0 Å². The fourth-order valence-corrected chi connectivity index (χ4v) is 0.919. The molecule has 0 aliphatic carbocycles. The highest BCUT2D eigenvalue weighted by Gasteiger charge is 2.01. The van der Waals surface area contributed by atoms with E-state index in [4.69, 9.17) is 0 Å². The molecular formula is C9H16N2. The Kier molecular flexibility index (Phi) is 2.32. The van der Waals surface area contributed by atoms with E-state index in [0.29, 0.717) is 12.1 Å². The minimum Gasteiger partial charge on any atom is -0.349 e. The Morgan fingerprint density at radius 3 is 2.18 bits per heavy atom. The molecule has 0 atom stereocenters. The first-order valence-corrected chi connectivity index (χ1v) is 4.12. The molecule has 0 aliphatic rings. The molecule has 0 saturated heterocycles. The predicted molar refractivity (Wildman–Crippen MR) is 44.2 cm³/mol. The van der Waals surface area contributed by atoms with Crippen LogP contribution < -0.4 is 4.57 Å². The Balaban J connectivity index is 2.82. The zero-order valence-corrected chi connectivity index (χ0v) is 7.70. The maximum absolute atomic E-state index is 3.25. The van der Waals surface area contributed by atoms with Gasteiger partial charge in [-0.05, 0) is 40.1 Å². The Morgan fingerprint density at radius 2 is 1.91 bits per heavy atom. The molecule has 1 rings (SSSR count). The lowest BCUT2D eigenvalue weighted by Gasteiger charge is -2.05. The van der Waals surface area contributed by atoms with Crippen LogP contribution in [0, 0.1) is 6.33 Å². The molecule has 11 heavy (non-hydrogen) atoms. The van der Waals surface area contributed by atoms with Crippen molar-refractivity contribution in [3.63, 3.8) is 0 Å². The van der Waals surface area contributed by atoms with E-state index in [-0.39, 0.29) is 0 Å². The summed E-state index contributed by atoms with van der Waals surface area (Å²) in [5.74, 6) is 0. The summed E-state index contributed by atoms with van der Waals surface area (Å²) in [6.45, 7) is 8.62. The van der Waals surface area contributed by atoms with Crippen LogP contribution in [0.5, 0.6) is 0 Å². The lowest BCUT2D eigenvalue weighted by Crippen LogP contribution is -2.34.